The molecule has 5 nitrogen and oxygen atoms in total. The van der Waals surface area contributed by atoms with E-state index in [-0.39, 0.29) is 24.5 Å². The van der Waals surface area contributed by atoms with E-state index in [1.54, 1.807) is 4.90 Å². The molecular weight excluding hydrogens is 460 g/mol. The summed E-state index contributed by atoms with van der Waals surface area (Å²) in [5, 5.41) is 12.5. The van der Waals surface area contributed by atoms with Crippen LogP contribution in [0.4, 0.5) is 0 Å². The highest BCUT2D eigenvalue weighted by Gasteiger charge is 2.27. The molecule has 2 aliphatic rings. The van der Waals surface area contributed by atoms with Crippen molar-refractivity contribution in [2.24, 2.45) is 17.8 Å². The van der Waals surface area contributed by atoms with Crippen LogP contribution in [0.3, 0.4) is 0 Å². The zero-order valence-corrected chi connectivity index (χ0v) is 23.3. The van der Waals surface area contributed by atoms with Crippen LogP contribution in [0.15, 0.2) is 42.0 Å². The molecule has 2 saturated carbocycles. The average molecular weight is 511 g/mol. The van der Waals surface area contributed by atoms with Gasteiger partial charge >= 0.3 is 0 Å². The summed E-state index contributed by atoms with van der Waals surface area (Å²) in [4.78, 5) is 28.0. The standard InChI is InChI=1S/C32H50N2O3/c1-3-25(2)11-7-8-18-34(24-31(36)33-23-29-20-30(35)21-29)32(37)22-28(19-27-15-10-16-27)17-9-14-26-12-5-4-6-13-26/h4-6,12-13,22,25,27,29-30,35H,3,7-11,14-21,23-24H2,1-2H3,(H,33,36)/b28-22-. The molecule has 1 aromatic rings. The summed E-state index contributed by atoms with van der Waals surface area (Å²) in [5.74, 6) is 1.67. The van der Waals surface area contributed by atoms with E-state index in [9.17, 15) is 14.7 Å². The van der Waals surface area contributed by atoms with Gasteiger partial charge in [-0.1, -0.05) is 88.3 Å². The van der Waals surface area contributed by atoms with Gasteiger partial charge in [0.25, 0.3) is 0 Å². The Morgan fingerprint density at radius 1 is 1.11 bits per heavy atom. The predicted molar refractivity (Wildman–Crippen MR) is 151 cm³/mol. The molecule has 1 atom stereocenters. The summed E-state index contributed by atoms with van der Waals surface area (Å²) in [7, 11) is 0. The van der Waals surface area contributed by atoms with E-state index in [1.165, 1.54) is 36.8 Å². The summed E-state index contributed by atoms with van der Waals surface area (Å²) in [6, 6.07) is 10.6. The Morgan fingerprint density at radius 2 is 1.86 bits per heavy atom. The second-order valence-electron chi connectivity index (χ2n) is 11.7. The number of amides is 2. The van der Waals surface area contributed by atoms with Gasteiger partial charge < -0.3 is 15.3 Å². The number of hydrogen-bond acceptors (Lipinski definition) is 3. The Labute approximate surface area is 225 Å². The number of hydrogen-bond donors (Lipinski definition) is 2. The number of aliphatic hydroxyl groups excluding tert-OH is 1. The fourth-order valence-corrected chi connectivity index (χ4v) is 5.35. The molecule has 3 rings (SSSR count). The molecule has 1 unspecified atom stereocenters. The zero-order valence-electron chi connectivity index (χ0n) is 23.3. The second kappa shape index (κ2) is 16.0. The minimum Gasteiger partial charge on any atom is -0.393 e. The summed E-state index contributed by atoms with van der Waals surface area (Å²) in [5.41, 5.74) is 2.59. The fourth-order valence-electron chi connectivity index (χ4n) is 5.35. The second-order valence-corrected chi connectivity index (χ2v) is 11.7. The molecule has 0 radical (unpaired) electrons. The number of unbranched alkanes of at least 4 members (excludes halogenated alkanes) is 1. The van der Waals surface area contributed by atoms with Crippen LogP contribution in [0.5, 0.6) is 0 Å². The van der Waals surface area contributed by atoms with Crippen molar-refractivity contribution in [1.29, 1.82) is 0 Å². The van der Waals surface area contributed by atoms with Crippen LogP contribution in [0.2, 0.25) is 0 Å². The van der Waals surface area contributed by atoms with E-state index in [0.29, 0.717) is 30.8 Å². The van der Waals surface area contributed by atoms with Gasteiger partial charge in [0.1, 0.15) is 0 Å². The largest absolute Gasteiger partial charge is 0.393 e. The van der Waals surface area contributed by atoms with E-state index in [2.05, 4.69) is 43.4 Å². The zero-order chi connectivity index (χ0) is 26.5. The van der Waals surface area contributed by atoms with Crippen LogP contribution in [0, 0.1) is 17.8 Å². The molecule has 206 valence electrons. The van der Waals surface area contributed by atoms with Gasteiger partial charge in [0.2, 0.25) is 11.8 Å². The maximum Gasteiger partial charge on any atom is 0.246 e. The highest BCUT2D eigenvalue weighted by Crippen LogP contribution is 2.33. The van der Waals surface area contributed by atoms with Gasteiger partial charge in [0, 0.05) is 19.2 Å². The molecule has 0 saturated heterocycles. The maximum atomic E-state index is 13.5. The smallest absolute Gasteiger partial charge is 0.246 e. The maximum absolute atomic E-state index is 13.5. The van der Waals surface area contributed by atoms with Crippen LogP contribution < -0.4 is 5.32 Å². The molecule has 0 spiro atoms. The van der Waals surface area contributed by atoms with E-state index in [4.69, 9.17) is 0 Å². The van der Waals surface area contributed by atoms with Crippen LogP contribution in [0.1, 0.15) is 96.5 Å². The monoisotopic (exact) mass is 510 g/mol. The Kier molecular flexibility index (Phi) is 12.7. The number of carbonyl (C=O) groups is 2. The number of nitrogens with one attached hydrogen (secondary N) is 1. The molecule has 2 N–H and O–H groups in total. The minimum absolute atomic E-state index is 0.00760. The SMILES string of the molecule is CCC(C)CCCCN(CC(=O)NCC1CC(O)C1)C(=O)/C=C(/CCCc1ccccc1)CC1CCC1. The molecule has 2 fully saturated rings. The van der Waals surface area contributed by atoms with Crippen LogP contribution >= 0.6 is 0 Å². The number of aryl methyl sites for hydroxylation is 1. The van der Waals surface area contributed by atoms with Crippen molar-refractivity contribution in [2.75, 3.05) is 19.6 Å². The fraction of sp³-hybridized carbons (Fsp3) is 0.688. The number of nitrogens with zero attached hydrogens (tertiary/aromatic N) is 1. The molecule has 0 aliphatic heterocycles. The molecule has 1 aromatic carbocycles. The van der Waals surface area contributed by atoms with Crippen LogP contribution in [0.25, 0.3) is 0 Å². The molecule has 2 aliphatic carbocycles. The Morgan fingerprint density at radius 3 is 2.51 bits per heavy atom. The van der Waals surface area contributed by atoms with E-state index < -0.39 is 0 Å². The number of aliphatic hydroxyl groups is 1. The highest BCUT2D eigenvalue weighted by molar-refractivity contribution is 5.91. The van der Waals surface area contributed by atoms with E-state index >= 15 is 0 Å². The summed E-state index contributed by atoms with van der Waals surface area (Å²) < 4.78 is 0. The van der Waals surface area contributed by atoms with Crippen LogP contribution in [-0.4, -0.2) is 47.6 Å². The third-order valence-corrected chi connectivity index (χ3v) is 8.43. The summed E-state index contributed by atoms with van der Waals surface area (Å²) in [6.07, 6.45) is 15.4. The van der Waals surface area contributed by atoms with Crippen molar-refractivity contribution in [3.8, 4) is 0 Å². The normalized spacial score (nSPS) is 20.6. The van der Waals surface area contributed by atoms with Crippen molar-refractivity contribution >= 4 is 11.8 Å². The molecule has 2 amide bonds. The molecular formula is C32H50N2O3. The van der Waals surface area contributed by atoms with Gasteiger partial charge in [-0.15, -0.1) is 0 Å². The molecule has 0 bridgehead atoms. The van der Waals surface area contributed by atoms with Crippen molar-refractivity contribution in [1.82, 2.24) is 10.2 Å². The number of carbonyl (C=O) groups excluding carboxylic acids is 2. The first-order valence-electron chi connectivity index (χ1n) is 14.9. The van der Waals surface area contributed by atoms with Crippen molar-refractivity contribution in [3.63, 3.8) is 0 Å². The van der Waals surface area contributed by atoms with Crippen molar-refractivity contribution in [2.45, 2.75) is 103 Å². The van der Waals surface area contributed by atoms with Gasteiger partial charge in [-0.05, 0) is 68.3 Å². The lowest BCUT2D eigenvalue weighted by Crippen LogP contribution is -2.44. The Balaban J connectivity index is 1.58. The lowest BCUT2D eigenvalue weighted by molar-refractivity contribution is -0.132. The van der Waals surface area contributed by atoms with Gasteiger partial charge in [0.05, 0.1) is 12.6 Å². The van der Waals surface area contributed by atoms with Crippen molar-refractivity contribution < 1.29 is 14.7 Å². The van der Waals surface area contributed by atoms with Crippen LogP contribution in [-0.2, 0) is 16.0 Å². The third-order valence-electron chi connectivity index (χ3n) is 8.43. The van der Waals surface area contributed by atoms with Crippen molar-refractivity contribution in [3.05, 3.63) is 47.5 Å². The summed E-state index contributed by atoms with van der Waals surface area (Å²) in [6.45, 7) is 5.84. The quantitative estimate of drug-likeness (QED) is 0.198. The first-order chi connectivity index (χ1) is 17.9. The number of benzene rings is 1. The first-order valence-corrected chi connectivity index (χ1v) is 14.9. The number of allylic oxidation sites excluding steroid dienone is 1. The minimum atomic E-state index is -0.216. The van der Waals surface area contributed by atoms with Gasteiger partial charge in [0.15, 0.2) is 0 Å². The predicted octanol–water partition coefficient (Wildman–Crippen LogP) is 6.06. The third kappa shape index (κ3) is 11.0. The van der Waals surface area contributed by atoms with E-state index in [0.717, 1.165) is 57.8 Å². The topological polar surface area (TPSA) is 69.6 Å². The molecule has 0 aromatic heterocycles. The molecule has 5 heteroatoms. The number of rotatable bonds is 17. The Bertz CT molecular complexity index is 843. The van der Waals surface area contributed by atoms with Gasteiger partial charge in [-0.3, -0.25) is 9.59 Å². The lowest BCUT2D eigenvalue weighted by atomic mass is 9.80. The van der Waals surface area contributed by atoms with Gasteiger partial charge in [-0.25, -0.2) is 0 Å². The molecule has 37 heavy (non-hydrogen) atoms. The van der Waals surface area contributed by atoms with Gasteiger partial charge in [-0.2, -0.15) is 0 Å². The summed E-state index contributed by atoms with van der Waals surface area (Å²) >= 11 is 0. The van der Waals surface area contributed by atoms with E-state index in [1.807, 2.05) is 12.1 Å². The lowest BCUT2D eigenvalue weighted by Gasteiger charge is -2.31. The Hall–Kier alpha value is -2.14. The average Bonchev–Trinajstić information content (AvgIpc) is 2.85. The highest BCUT2D eigenvalue weighted by atomic mass is 16.3. The first kappa shape index (κ1) is 29.4. The molecule has 0 heterocycles.